The molecule has 0 aromatic heterocycles. The van der Waals surface area contributed by atoms with Crippen molar-refractivity contribution in [3.63, 3.8) is 0 Å². The number of ether oxygens (including phenoxy) is 3. The SMILES string of the molecule is COC(=O)[C@H]1C(C(C)=O)[C@@H](OC(C)=O)C[C@H]2[C@]3(C)CC[C@H]4C(C)(C)CCC[C@]4(COC(C)=O)[C@H]3C[C@@H](O)[C@]12C. The molecule has 8 nitrogen and oxygen atoms in total. The quantitative estimate of drug-likeness (QED) is 0.395. The third kappa shape index (κ3) is 4.53. The van der Waals surface area contributed by atoms with Gasteiger partial charge >= 0.3 is 17.9 Å². The van der Waals surface area contributed by atoms with E-state index in [4.69, 9.17) is 14.2 Å². The number of hydrogen-bond donors (Lipinski definition) is 1. The van der Waals surface area contributed by atoms with Crippen LogP contribution in [0, 0.1) is 51.2 Å². The maximum absolute atomic E-state index is 13.5. The van der Waals surface area contributed by atoms with Gasteiger partial charge in [0, 0.05) is 24.7 Å². The van der Waals surface area contributed by atoms with E-state index in [0.717, 1.165) is 32.1 Å². The molecule has 4 fully saturated rings. The number of rotatable bonds is 5. The summed E-state index contributed by atoms with van der Waals surface area (Å²) in [6.07, 6.45) is 4.03. The summed E-state index contributed by atoms with van der Waals surface area (Å²) in [6, 6.07) is 0. The van der Waals surface area contributed by atoms with Gasteiger partial charge in [-0.2, -0.15) is 0 Å². The third-order valence-corrected chi connectivity index (χ3v) is 12.0. The van der Waals surface area contributed by atoms with Crippen LogP contribution in [0.1, 0.15) is 93.4 Å². The fourth-order valence-corrected chi connectivity index (χ4v) is 10.5. The fraction of sp³-hybridized carbons (Fsp3) is 0.871. The van der Waals surface area contributed by atoms with E-state index in [9.17, 15) is 24.3 Å². The molecular weight excluding hydrogens is 500 g/mol. The van der Waals surface area contributed by atoms with Gasteiger partial charge in [0.2, 0.25) is 0 Å². The van der Waals surface area contributed by atoms with Crippen LogP contribution in [0.3, 0.4) is 0 Å². The molecule has 0 bridgehead atoms. The normalized spacial score (nSPS) is 44.6. The van der Waals surface area contributed by atoms with Gasteiger partial charge in [0.05, 0.1) is 31.7 Å². The lowest BCUT2D eigenvalue weighted by atomic mass is 9.33. The van der Waals surface area contributed by atoms with Gasteiger partial charge in [0.25, 0.3) is 0 Å². The van der Waals surface area contributed by atoms with Gasteiger partial charge in [-0.3, -0.25) is 19.2 Å². The molecule has 0 amide bonds. The molecule has 0 saturated heterocycles. The zero-order valence-electron chi connectivity index (χ0n) is 25.0. The molecule has 0 aromatic carbocycles. The van der Waals surface area contributed by atoms with Crippen molar-refractivity contribution in [3.8, 4) is 0 Å². The maximum atomic E-state index is 13.5. The van der Waals surface area contributed by atoms with E-state index < -0.39 is 41.4 Å². The summed E-state index contributed by atoms with van der Waals surface area (Å²) in [7, 11) is 1.30. The Bertz CT molecular complexity index is 1020. The predicted octanol–water partition coefficient (Wildman–Crippen LogP) is 4.50. The van der Waals surface area contributed by atoms with E-state index in [1.54, 1.807) is 0 Å². The van der Waals surface area contributed by atoms with Gasteiger partial charge in [-0.15, -0.1) is 0 Å². The van der Waals surface area contributed by atoms with Crippen molar-refractivity contribution in [2.75, 3.05) is 13.7 Å². The van der Waals surface area contributed by atoms with Crippen molar-refractivity contribution in [2.45, 2.75) is 106 Å². The molecule has 0 radical (unpaired) electrons. The highest BCUT2D eigenvalue weighted by Gasteiger charge is 2.72. The Kier molecular flexibility index (Phi) is 7.81. The minimum Gasteiger partial charge on any atom is -0.469 e. The highest BCUT2D eigenvalue weighted by molar-refractivity contribution is 5.87. The monoisotopic (exact) mass is 548 g/mol. The Balaban J connectivity index is 1.89. The highest BCUT2D eigenvalue weighted by Crippen LogP contribution is 2.73. The molecule has 4 aliphatic rings. The molecule has 39 heavy (non-hydrogen) atoms. The zero-order valence-corrected chi connectivity index (χ0v) is 25.0. The summed E-state index contributed by atoms with van der Waals surface area (Å²) in [5.74, 6) is -3.31. The van der Waals surface area contributed by atoms with E-state index >= 15 is 0 Å². The summed E-state index contributed by atoms with van der Waals surface area (Å²) in [6.45, 7) is 13.3. The molecule has 10 atom stereocenters. The van der Waals surface area contributed by atoms with Crippen LogP contribution in [0.15, 0.2) is 0 Å². The Labute approximate surface area is 232 Å². The standard InChI is InChI=1S/C31H48O8/c1-17(32)25-20(39-19(3)34)14-22-29(6)13-10-21-28(4,5)11-9-12-31(21,16-38-18(2)33)23(29)15-24(35)30(22,7)26(25)27(36)37-8/h20-26,35H,9-16H2,1-8H3/t20-,21-,22-,23-,24+,25?,26+,29-,30+,31+/m0/s1. The average Bonchev–Trinajstić information content (AvgIpc) is 2.83. The lowest BCUT2D eigenvalue weighted by Gasteiger charge is -2.71. The van der Waals surface area contributed by atoms with Crippen molar-refractivity contribution < 1.29 is 38.5 Å². The van der Waals surface area contributed by atoms with Crippen molar-refractivity contribution >= 4 is 23.7 Å². The zero-order chi connectivity index (χ0) is 29.1. The van der Waals surface area contributed by atoms with Crippen LogP contribution in [0.5, 0.6) is 0 Å². The topological polar surface area (TPSA) is 116 Å². The van der Waals surface area contributed by atoms with Crippen molar-refractivity contribution in [3.05, 3.63) is 0 Å². The Morgan fingerprint density at radius 3 is 2.10 bits per heavy atom. The molecule has 8 heteroatoms. The van der Waals surface area contributed by atoms with E-state index in [1.807, 2.05) is 6.92 Å². The van der Waals surface area contributed by atoms with Crippen LogP contribution in [0.2, 0.25) is 0 Å². The molecule has 0 heterocycles. The Hall–Kier alpha value is -1.96. The lowest BCUT2D eigenvalue weighted by Crippen LogP contribution is -2.71. The Morgan fingerprint density at radius 2 is 1.54 bits per heavy atom. The molecule has 4 rings (SSSR count). The highest BCUT2D eigenvalue weighted by atomic mass is 16.5. The van der Waals surface area contributed by atoms with Gasteiger partial charge in [-0.25, -0.2) is 0 Å². The van der Waals surface area contributed by atoms with Crippen molar-refractivity contribution in [1.29, 1.82) is 0 Å². The van der Waals surface area contributed by atoms with Crippen LogP contribution in [-0.2, 0) is 33.4 Å². The van der Waals surface area contributed by atoms with Gasteiger partial charge in [-0.05, 0) is 74.0 Å². The summed E-state index contributed by atoms with van der Waals surface area (Å²) >= 11 is 0. The van der Waals surface area contributed by atoms with Crippen LogP contribution in [0.25, 0.3) is 0 Å². The minimum atomic E-state index is -0.953. The van der Waals surface area contributed by atoms with Crippen LogP contribution < -0.4 is 0 Å². The largest absolute Gasteiger partial charge is 0.469 e. The number of aliphatic hydroxyl groups is 1. The first-order valence-electron chi connectivity index (χ1n) is 14.6. The molecule has 1 unspecified atom stereocenters. The lowest BCUT2D eigenvalue weighted by molar-refractivity contribution is -0.272. The van der Waals surface area contributed by atoms with E-state index in [2.05, 4.69) is 20.8 Å². The number of methoxy groups -OCH3 is 1. The van der Waals surface area contributed by atoms with Crippen molar-refractivity contribution in [2.24, 2.45) is 51.2 Å². The van der Waals surface area contributed by atoms with Crippen LogP contribution in [0.4, 0.5) is 0 Å². The number of fused-ring (bicyclic) bond motifs is 5. The number of aliphatic hydroxyl groups excluding tert-OH is 1. The summed E-state index contributed by atoms with van der Waals surface area (Å²) in [4.78, 5) is 50.8. The maximum Gasteiger partial charge on any atom is 0.310 e. The first kappa shape index (κ1) is 30.0. The van der Waals surface area contributed by atoms with Crippen LogP contribution in [-0.4, -0.2) is 54.7 Å². The van der Waals surface area contributed by atoms with E-state index in [1.165, 1.54) is 27.9 Å². The smallest absolute Gasteiger partial charge is 0.310 e. The second-order valence-electron chi connectivity index (χ2n) is 14.2. The second kappa shape index (κ2) is 10.1. The first-order valence-corrected chi connectivity index (χ1v) is 14.6. The van der Waals surface area contributed by atoms with Gasteiger partial charge in [-0.1, -0.05) is 34.1 Å². The number of hydrogen-bond acceptors (Lipinski definition) is 8. The molecule has 220 valence electrons. The molecule has 1 N–H and O–H groups in total. The molecular formula is C31H48O8. The van der Waals surface area contributed by atoms with Gasteiger partial charge < -0.3 is 19.3 Å². The van der Waals surface area contributed by atoms with Gasteiger partial charge in [0.1, 0.15) is 11.9 Å². The average molecular weight is 549 g/mol. The van der Waals surface area contributed by atoms with E-state index in [-0.39, 0.29) is 39.8 Å². The molecule has 4 aliphatic carbocycles. The van der Waals surface area contributed by atoms with Gasteiger partial charge in [0.15, 0.2) is 0 Å². The predicted molar refractivity (Wildman–Crippen MR) is 143 cm³/mol. The fourth-order valence-electron chi connectivity index (χ4n) is 10.5. The molecule has 4 saturated carbocycles. The first-order chi connectivity index (χ1) is 18.1. The summed E-state index contributed by atoms with van der Waals surface area (Å²) in [5, 5.41) is 12.1. The number of ketones is 1. The second-order valence-corrected chi connectivity index (χ2v) is 14.2. The summed E-state index contributed by atoms with van der Waals surface area (Å²) in [5.41, 5.74) is -1.54. The minimum absolute atomic E-state index is 0.0286. The third-order valence-electron chi connectivity index (χ3n) is 12.0. The van der Waals surface area contributed by atoms with Crippen LogP contribution >= 0.6 is 0 Å². The number of Topliss-reactive ketones (excluding diaryl/α,β-unsaturated/α-hetero) is 1. The Morgan fingerprint density at radius 1 is 0.872 bits per heavy atom. The number of carbonyl (C=O) groups is 4. The van der Waals surface area contributed by atoms with Crippen molar-refractivity contribution in [1.82, 2.24) is 0 Å². The molecule has 0 spiro atoms. The number of esters is 3. The van der Waals surface area contributed by atoms with E-state index in [0.29, 0.717) is 25.4 Å². The molecule has 0 aliphatic heterocycles. The molecule has 0 aromatic rings. The number of carbonyl (C=O) groups excluding carboxylic acids is 4. The summed E-state index contributed by atoms with van der Waals surface area (Å²) < 4.78 is 16.8.